The number of halogens is 1. The van der Waals surface area contributed by atoms with Crippen molar-refractivity contribution in [3.8, 4) is 0 Å². The van der Waals surface area contributed by atoms with Crippen molar-refractivity contribution in [3.05, 3.63) is 28.3 Å². The molecule has 2 atom stereocenters. The normalized spacial score (nSPS) is 25.3. The Balaban J connectivity index is 2.07. The Bertz CT molecular complexity index is 577. The smallest absolute Gasteiger partial charge is 0.325 e. The Kier molecular flexibility index (Phi) is 2.22. The summed E-state index contributed by atoms with van der Waals surface area (Å²) in [6.45, 7) is 0.667. The molecule has 0 spiro atoms. The number of hydrogen-bond donors (Lipinski definition) is 2. The van der Waals surface area contributed by atoms with Crippen molar-refractivity contribution in [2.45, 2.75) is 17.9 Å². The van der Waals surface area contributed by atoms with Gasteiger partial charge in [-0.25, -0.2) is 9.78 Å². The predicted molar refractivity (Wildman–Crippen MR) is 59.7 cm³/mol. The molecule has 0 aromatic carbocycles. The van der Waals surface area contributed by atoms with Crippen LogP contribution in [-0.4, -0.2) is 27.1 Å². The van der Waals surface area contributed by atoms with Gasteiger partial charge in [-0.2, -0.15) is 0 Å². The number of aromatic amines is 2. The van der Waals surface area contributed by atoms with Crippen LogP contribution in [0.4, 0.5) is 0 Å². The van der Waals surface area contributed by atoms with Crippen molar-refractivity contribution >= 4 is 22.8 Å². The van der Waals surface area contributed by atoms with Crippen LogP contribution in [0.25, 0.3) is 11.2 Å². The molecule has 1 fully saturated rings. The molecule has 0 aliphatic carbocycles. The van der Waals surface area contributed by atoms with Crippen LogP contribution in [-0.2, 0) is 4.74 Å². The summed E-state index contributed by atoms with van der Waals surface area (Å²) in [5.74, 6) is 0.150. The van der Waals surface area contributed by atoms with Gasteiger partial charge in [0.1, 0.15) is 5.56 Å². The van der Waals surface area contributed by atoms with E-state index in [0.717, 1.165) is 12.0 Å². The fourth-order valence-electron chi connectivity index (χ4n) is 2.01. The highest BCUT2D eigenvalue weighted by molar-refractivity contribution is 6.20. The molecule has 84 valence electrons. The fourth-order valence-corrected chi connectivity index (χ4v) is 2.37. The number of H-pyrrole nitrogens is 2. The van der Waals surface area contributed by atoms with Crippen LogP contribution in [0.15, 0.2) is 17.1 Å². The molecule has 1 aliphatic rings. The van der Waals surface area contributed by atoms with Crippen molar-refractivity contribution < 1.29 is 4.74 Å². The van der Waals surface area contributed by atoms with Gasteiger partial charge in [0.15, 0.2) is 5.65 Å². The SMILES string of the molecule is O=c1[nH]c2cc(C3CCOC3Cl)cnc2[nH]1. The molecular formula is C10H10ClN3O2. The molecular weight excluding hydrogens is 230 g/mol. The molecule has 6 heteroatoms. The standard InChI is InChI=1S/C10H10ClN3O2/c11-8-6(1-2-16-8)5-3-7-9(12-4-5)14-10(15)13-7/h3-4,6,8H,1-2H2,(H2,12,13,14,15). The lowest BCUT2D eigenvalue weighted by Crippen LogP contribution is -2.06. The zero-order valence-corrected chi connectivity index (χ0v) is 9.12. The summed E-state index contributed by atoms with van der Waals surface area (Å²) in [5, 5.41) is 0. The minimum atomic E-state index is -0.301. The van der Waals surface area contributed by atoms with Gasteiger partial charge in [0.05, 0.1) is 5.52 Å². The van der Waals surface area contributed by atoms with Gasteiger partial charge in [0, 0.05) is 18.7 Å². The van der Waals surface area contributed by atoms with E-state index in [0.29, 0.717) is 17.8 Å². The van der Waals surface area contributed by atoms with E-state index in [-0.39, 0.29) is 17.2 Å². The number of hydrogen-bond acceptors (Lipinski definition) is 3. The molecule has 2 unspecified atom stereocenters. The summed E-state index contributed by atoms with van der Waals surface area (Å²) in [6.07, 6.45) is 2.62. The van der Waals surface area contributed by atoms with Gasteiger partial charge < -0.3 is 9.72 Å². The van der Waals surface area contributed by atoms with E-state index in [4.69, 9.17) is 16.3 Å². The second-order valence-corrected chi connectivity index (χ2v) is 4.29. The third kappa shape index (κ3) is 1.52. The van der Waals surface area contributed by atoms with Crippen molar-refractivity contribution in [2.75, 3.05) is 6.61 Å². The topological polar surface area (TPSA) is 70.8 Å². The maximum absolute atomic E-state index is 11.1. The van der Waals surface area contributed by atoms with Crippen LogP contribution < -0.4 is 5.69 Å². The molecule has 2 aromatic rings. The quantitative estimate of drug-likeness (QED) is 0.738. The number of ether oxygens (including phenoxy) is 1. The third-order valence-corrected chi connectivity index (χ3v) is 3.27. The number of pyridine rings is 1. The number of nitrogens with one attached hydrogen (secondary N) is 2. The van der Waals surface area contributed by atoms with Gasteiger partial charge in [0.25, 0.3) is 0 Å². The lowest BCUT2D eigenvalue weighted by atomic mass is 10.0. The monoisotopic (exact) mass is 239 g/mol. The molecule has 1 saturated heterocycles. The van der Waals surface area contributed by atoms with Gasteiger partial charge in [-0.3, -0.25) is 4.98 Å². The zero-order valence-electron chi connectivity index (χ0n) is 8.37. The highest BCUT2D eigenvalue weighted by atomic mass is 35.5. The largest absolute Gasteiger partial charge is 0.362 e. The van der Waals surface area contributed by atoms with Crippen LogP contribution in [0.2, 0.25) is 0 Å². The Morgan fingerprint density at radius 3 is 3.12 bits per heavy atom. The van der Waals surface area contributed by atoms with Gasteiger partial charge in [0.2, 0.25) is 0 Å². The summed E-state index contributed by atoms with van der Waals surface area (Å²) in [4.78, 5) is 20.5. The maximum atomic E-state index is 11.1. The molecule has 1 aliphatic heterocycles. The summed E-state index contributed by atoms with van der Waals surface area (Å²) >= 11 is 6.04. The number of alkyl halides is 1. The van der Waals surface area contributed by atoms with E-state index >= 15 is 0 Å². The molecule has 0 amide bonds. The summed E-state index contributed by atoms with van der Waals surface area (Å²) in [6, 6.07) is 1.90. The van der Waals surface area contributed by atoms with Crippen molar-refractivity contribution in [1.82, 2.24) is 15.0 Å². The number of imidazole rings is 1. The predicted octanol–water partition coefficient (Wildman–Crippen LogP) is 1.32. The van der Waals surface area contributed by atoms with Crippen LogP contribution in [0.3, 0.4) is 0 Å². The number of aromatic nitrogens is 3. The van der Waals surface area contributed by atoms with Crippen LogP contribution in [0.1, 0.15) is 17.9 Å². The first-order chi connectivity index (χ1) is 7.74. The second-order valence-electron chi connectivity index (χ2n) is 3.86. The fraction of sp³-hybridized carbons (Fsp3) is 0.400. The molecule has 2 aromatic heterocycles. The molecule has 5 nitrogen and oxygen atoms in total. The highest BCUT2D eigenvalue weighted by Gasteiger charge is 2.28. The van der Waals surface area contributed by atoms with Crippen molar-refractivity contribution in [2.24, 2.45) is 0 Å². The Morgan fingerprint density at radius 2 is 2.38 bits per heavy atom. The van der Waals surface area contributed by atoms with E-state index in [1.54, 1.807) is 6.20 Å². The lowest BCUT2D eigenvalue weighted by Gasteiger charge is -2.11. The lowest BCUT2D eigenvalue weighted by molar-refractivity contribution is 0.163. The minimum absolute atomic E-state index is 0.150. The molecule has 0 bridgehead atoms. The summed E-state index contributed by atoms with van der Waals surface area (Å²) in [5.41, 5.74) is 1.73. The zero-order chi connectivity index (χ0) is 11.1. The first-order valence-corrected chi connectivity index (χ1v) is 5.51. The van der Waals surface area contributed by atoms with Crippen LogP contribution in [0, 0.1) is 0 Å². The Labute approximate surface area is 95.8 Å². The first kappa shape index (κ1) is 9.86. The molecule has 0 saturated carbocycles. The van der Waals surface area contributed by atoms with Gasteiger partial charge in [-0.1, -0.05) is 11.6 Å². The molecule has 0 radical (unpaired) electrons. The Hall–Kier alpha value is -1.33. The van der Waals surface area contributed by atoms with Crippen molar-refractivity contribution in [1.29, 1.82) is 0 Å². The maximum Gasteiger partial charge on any atom is 0.325 e. The van der Waals surface area contributed by atoms with Crippen molar-refractivity contribution in [3.63, 3.8) is 0 Å². The van der Waals surface area contributed by atoms with E-state index in [9.17, 15) is 4.79 Å². The van der Waals surface area contributed by atoms with E-state index in [1.165, 1.54) is 0 Å². The van der Waals surface area contributed by atoms with E-state index in [2.05, 4.69) is 15.0 Å². The van der Waals surface area contributed by atoms with E-state index < -0.39 is 0 Å². The molecule has 2 N–H and O–H groups in total. The van der Waals surface area contributed by atoms with Crippen LogP contribution >= 0.6 is 11.6 Å². The number of fused-ring (bicyclic) bond motifs is 1. The van der Waals surface area contributed by atoms with Gasteiger partial charge in [-0.05, 0) is 18.1 Å². The first-order valence-electron chi connectivity index (χ1n) is 5.07. The molecule has 3 rings (SSSR count). The second kappa shape index (κ2) is 3.61. The van der Waals surface area contributed by atoms with E-state index in [1.807, 2.05) is 6.07 Å². The summed E-state index contributed by atoms with van der Waals surface area (Å²) < 4.78 is 5.30. The summed E-state index contributed by atoms with van der Waals surface area (Å²) in [7, 11) is 0. The molecule has 3 heterocycles. The number of nitrogens with zero attached hydrogens (tertiary/aromatic N) is 1. The average Bonchev–Trinajstić information content (AvgIpc) is 2.81. The Morgan fingerprint density at radius 1 is 1.50 bits per heavy atom. The molecule has 16 heavy (non-hydrogen) atoms. The van der Waals surface area contributed by atoms with Crippen LogP contribution in [0.5, 0.6) is 0 Å². The minimum Gasteiger partial charge on any atom is -0.362 e. The average molecular weight is 240 g/mol. The van der Waals surface area contributed by atoms with Gasteiger partial charge in [-0.15, -0.1) is 0 Å². The number of rotatable bonds is 1. The van der Waals surface area contributed by atoms with Gasteiger partial charge >= 0.3 is 5.69 Å². The third-order valence-electron chi connectivity index (χ3n) is 2.84. The highest BCUT2D eigenvalue weighted by Crippen LogP contribution is 2.33.